The lowest BCUT2D eigenvalue weighted by Crippen LogP contribution is -2.34. The molecule has 0 saturated carbocycles. The van der Waals surface area contributed by atoms with Gasteiger partial charge in [-0.2, -0.15) is 0 Å². The fraction of sp³-hybridized carbons (Fsp3) is 0.176. The summed E-state index contributed by atoms with van der Waals surface area (Å²) in [6, 6.07) is 8.69. The number of hydrogen-bond donors (Lipinski definition) is 2. The maximum atomic E-state index is 11.9. The van der Waals surface area contributed by atoms with Crippen LogP contribution in [0.2, 0.25) is 0 Å². The Labute approximate surface area is 133 Å². The van der Waals surface area contributed by atoms with E-state index in [4.69, 9.17) is 9.15 Å². The molecule has 0 saturated heterocycles. The Hall–Kier alpha value is -3.02. The van der Waals surface area contributed by atoms with Crippen molar-refractivity contribution in [3.05, 3.63) is 47.9 Å². The van der Waals surface area contributed by atoms with Gasteiger partial charge < -0.3 is 19.8 Å². The van der Waals surface area contributed by atoms with Crippen molar-refractivity contribution in [2.24, 2.45) is 0 Å². The molecule has 2 aromatic rings. The lowest BCUT2D eigenvalue weighted by Gasteiger charge is -2.23. The van der Waals surface area contributed by atoms with Gasteiger partial charge in [0.05, 0.1) is 5.69 Å². The van der Waals surface area contributed by atoms with Gasteiger partial charge in [0.2, 0.25) is 5.91 Å². The summed E-state index contributed by atoms with van der Waals surface area (Å²) < 4.78 is 10.8. The van der Waals surface area contributed by atoms with Gasteiger partial charge in [0.15, 0.2) is 6.10 Å². The van der Waals surface area contributed by atoms with Gasteiger partial charge in [0.1, 0.15) is 17.3 Å². The van der Waals surface area contributed by atoms with Gasteiger partial charge in [0.25, 0.3) is 5.91 Å². The predicted octanol–water partition coefficient (Wildman–Crippen LogP) is 2.96. The number of amides is 2. The number of carbonyl (C=O) groups excluding carboxylic acids is 2. The van der Waals surface area contributed by atoms with Crippen molar-refractivity contribution in [1.82, 2.24) is 0 Å². The molecule has 1 aromatic carbocycles. The fourth-order valence-electron chi connectivity index (χ4n) is 2.17. The van der Waals surface area contributed by atoms with Crippen LogP contribution in [0.25, 0.3) is 6.08 Å². The Bertz CT molecular complexity index is 792. The van der Waals surface area contributed by atoms with Crippen LogP contribution in [-0.4, -0.2) is 17.9 Å². The smallest absolute Gasteiger partial charge is 0.265 e. The van der Waals surface area contributed by atoms with E-state index in [2.05, 4.69) is 10.6 Å². The SMILES string of the molecule is Cc1ccc(/C=C/C(=O)Nc2ccc3c(c2)NC(=O)C(C)O3)o1. The Morgan fingerprint density at radius 1 is 1.30 bits per heavy atom. The summed E-state index contributed by atoms with van der Waals surface area (Å²) in [7, 11) is 0. The fourth-order valence-corrected chi connectivity index (χ4v) is 2.17. The second kappa shape index (κ2) is 6.00. The maximum absolute atomic E-state index is 11.9. The first-order chi connectivity index (χ1) is 11.0. The van der Waals surface area contributed by atoms with Crippen LogP contribution in [-0.2, 0) is 9.59 Å². The molecule has 0 bridgehead atoms. The summed E-state index contributed by atoms with van der Waals surface area (Å²) in [5.74, 6) is 1.46. The number of anilines is 2. The number of benzene rings is 1. The highest BCUT2D eigenvalue weighted by molar-refractivity contribution is 6.03. The minimum atomic E-state index is -0.525. The van der Waals surface area contributed by atoms with Gasteiger partial charge in [-0.25, -0.2) is 0 Å². The molecule has 0 fully saturated rings. The van der Waals surface area contributed by atoms with Crippen molar-refractivity contribution in [2.75, 3.05) is 10.6 Å². The molecule has 3 rings (SSSR count). The van der Waals surface area contributed by atoms with Crippen LogP contribution < -0.4 is 15.4 Å². The molecule has 6 nitrogen and oxygen atoms in total. The van der Waals surface area contributed by atoms with Crippen molar-refractivity contribution < 1.29 is 18.7 Å². The predicted molar refractivity (Wildman–Crippen MR) is 86.3 cm³/mol. The first kappa shape index (κ1) is 14.9. The van der Waals surface area contributed by atoms with E-state index in [-0.39, 0.29) is 11.8 Å². The average molecular weight is 312 g/mol. The van der Waals surface area contributed by atoms with Crippen LogP contribution in [0.5, 0.6) is 5.75 Å². The zero-order valence-corrected chi connectivity index (χ0v) is 12.8. The Kier molecular flexibility index (Phi) is 3.89. The molecule has 23 heavy (non-hydrogen) atoms. The minimum Gasteiger partial charge on any atom is -0.479 e. The number of aryl methyl sites for hydroxylation is 1. The second-order valence-corrected chi connectivity index (χ2v) is 5.23. The van der Waals surface area contributed by atoms with Crippen molar-refractivity contribution in [3.63, 3.8) is 0 Å². The first-order valence-electron chi connectivity index (χ1n) is 7.18. The number of hydrogen-bond acceptors (Lipinski definition) is 4. The monoisotopic (exact) mass is 312 g/mol. The third-order valence-corrected chi connectivity index (χ3v) is 3.34. The zero-order chi connectivity index (χ0) is 16.4. The van der Waals surface area contributed by atoms with E-state index in [1.807, 2.05) is 13.0 Å². The van der Waals surface area contributed by atoms with Crippen LogP contribution in [0.15, 0.2) is 40.8 Å². The van der Waals surface area contributed by atoms with Crippen LogP contribution in [0.1, 0.15) is 18.4 Å². The molecular weight excluding hydrogens is 296 g/mol. The second-order valence-electron chi connectivity index (χ2n) is 5.23. The number of ether oxygens (including phenoxy) is 1. The molecule has 0 radical (unpaired) electrons. The van der Waals surface area contributed by atoms with Gasteiger partial charge in [-0.3, -0.25) is 9.59 Å². The van der Waals surface area contributed by atoms with Crippen molar-refractivity contribution in [2.45, 2.75) is 20.0 Å². The summed E-state index contributed by atoms with van der Waals surface area (Å²) in [4.78, 5) is 23.5. The average Bonchev–Trinajstić information content (AvgIpc) is 2.92. The molecule has 118 valence electrons. The Morgan fingerprint density at radius 3 is 2.87 bits per heavy atom. The van der Waals surface area contributed by atoms with Gasteiger partial charge in [-0.05, 0) is 50.3 Å². The third-order valence-electron chi connectivity index (χ3n) is 3.34. The highest BCUT2D eigenvalue weighted by Crippen LogP contribution is 2.32. The maximum Gasteiger partial charge on any atom is 0.265 e. The van der Waals surface area contributed by atoms with E-state index in [0.29, 0.717) is 22.9 Å². The molecule has 2 amide bonds. The van der Waals surface area contributed by atoms with E-state index >= 15 is 0 Å². The summed E-state index contributed by atoms with van der Waals surface area (Å²) in [5.41, 5.74) is 1.10. The lowest BCUT2D eigenvalue weighted by atomic mass is 10.2. The molecule has 2 heterocycles. The van der Waals surface area contributed by atoms with Crippen LogP contribution in [0.3, 0.4) is 0 Å². The zero-order valence-electron chi connectivity index (χ0n) is 12.8. The number of furan rings is 1. The van der Waals surface area contributed by atoms with E-state index in [0.717, 1.165) is 5.76 Å². The number of carbonyl (C=O) groups is 2. The summed E-state index contributed by atoms with van der Waals surface area (Å²) in [6.07, 6.45) is 2.45. The van der Waals surface area contributed by atoms with Gasteiger partial charge in [-0.1, -0.05) is 0 Å². The highest BCUT2D eigenvalue weighted by Gasteiger charge is 2.23. The molecular formula is C17H16N2O4. The molecule has 1 aliphatic heterocycles. The minimum absolute atomic E-state index is 0.214. The largest absolute Gasteiger partial charge is 0.479 e. The van der Waals surface area contributed by atoms with Gasteiger partial charge in [-0.15, -0.1) is 0 Å². The lowest BCUT2D eigenvalue weighted by molar-refractivity contribution is -0.122. The molecule has 1 aliphatic rings. The number of nitrogens with one attached hydrogen (secondary N) is 2. The first-order valence-corrected chi connectivity index (χ1v) is 7.18. The molecule has 2 N–H and O–H groups in total. The molecule has 1 unspecified atom stereocenters. The number of fused-ring (bicyclic) bond motifs is 1. The van der Waals surface area contributed by atoms with Crippen molar-refractivity contribution >= 4 is 29.3 Å². The molecule has 1 aromatic heterocycles. The van der Waals surface area contributed by atoms with Crippen LogP contribution >= 0.6 is 0 Å². The summed E-state index contributed by atoms with van der Waals surface area (Å²) >= 11 is 0. The van der Waals surface area contributed by atoms with Crippen LogP contribution in [0.4, 0.5) is 11.4 Å². The van der Waals surface area contributed by atoms with E-state index < -0.39 is 6.10 Å². The van der Waals surface area contributed by atoms with E-state index in [1.165, 1.54) is 6.08 Å². The molecule has 0 spiro atoms. The summed E-state index contributed by atoms with van der Waals surface area (Å²) in [6.45, 7) is 3.51. The molecule has 1 atom stereocenters. The van der Waals surface area contributed by atoms with Gasteiger partial charge >= 0.3 is 0 Å². The quantitative estimate of drug-likeness (QED) is 0.854. The third kappa shape index (κ3) is 3.42. The summed E-state index contributed by atoms with van der Waals surface area (Å²) in [5, 5.41) is 5.46. The topological polar surface area (TPSA) is 80.6 Å². The Morgan fingerprint density at radius 2 is 2.13 bits per heavy atom. The molecule has 0 aliphatic carbocycles. The standard InChI is InChI=1S/C17H16N2O4/c1-10-3-5-13(22-10)6-8-16(20)18-12-4-7-15-14(9-12)19-17(21)11(2)23-15/h3-9,11H,1-2H3,(H,18,20)(H,19,21)/b8-6+. The van der Waals surface area contributed by atoms with E-state index in [1.54, 1.807) is 37.3 Å². The van der Waals surface area contributed by atoms with Crippen LogP contribution in [0, 0.1) is 6.92 Å². The molecule has 6 heteroatoms. The van der Waals surface area contributed by atoms with Crippen molar-refractivity contribution in [3.8, 4) is 5.75 Å². The Balaban J connectivity index is 1.68. The van der Waals surface area contributed by atoms with E-state index in [9.17, 15) is 9.59 Å². The highest BCUT2D eigenvalue weighted by atomic mass is 16.5. The van der Waals surface area contributed by atoms with Crippen molar-refractivity contribution in [1.29, 1.82) is 0 Å². The number of rotatable bonds is 3. The van der Waals surface area contributed by atoms with Gasteiger partial charge in [0, 0.05) is 11.8 Å². The normalized spacial score (nSPS) is 16.6.